The van der Waals surface area contributed by atoms with E-state index >= 15 is 0 Å². The van der Waals surface area contributed by atoms with Gasteiger partial charge in [0.25, 0.3) is 6.43 Å². The molecule has 0 saturated carbocycles. The van der Waals surface area contributed by atoms with Gasteiger partial charge in [0.1, 0.15) is 5.69 Å². The molecule has 0 bridgehead atoms. The number of hydrogen-bond donors (Lipinski definition) is 2. The van der Waals surface area contributed by atoms with Gasteiger partial charge in [0.2, 0.25) is 5.88 Å². The van der Waals surface area contributed by atoms with Crippen molar-refractivity contribution in [1.29, 1.82) is 0 Å². The summed E-state index contributed by atoms with van der Waals surface area (Å²) in [6.45, 7) is 0.619. The van der Waals surface area contributed by atoms with Crippen LogP contribution in [0, 0.1) is 5.92 Å². The molecule has 0 saturated heterocycles. The molecule has 2 N–H and O–H groups in total. The zero-order valence-electron chi connectivity index (χ0n) is 12.1. The molecule has 1 aromatic heterocycles. The Morgan fingerprint density at radius 3 is 2.77 bits per heavy atom. The van der Waals surface area contributed by atoms with Crippen molar-refractivity contribution < 1.29 is 28.2 Å². The van der Waals surface area contributed by atoms with Crippen LogP contribution in [0.5, 0.6) is 5.88 Å². The number of carboxylic acids is 1. The molecule has 22 heavy (non-hydrogen) atoms. The van der Waals surface area contributed by atoms with Gasteiger partial charge in [0.05, 0.1) is 5.92 Å². The fourth-order valence-electron chi connectivity index (χ4n) is 1.53. The summed E-state index contributed by atoms with van der Waals surface area (Å²) in [4.78, 5) is 27.6. The molecule has 0 fully saturated rings. The fraction of sp³-hybridized carbons (Fsp3) is 0.462. The van der Waals surface area contributed by atoms with Gasteiger partial charge in [-0.2, -0.15) is 0 Å². The quantitative estimate of drug-likeness (QED) is 0.801. The normalized spacial score (nSPS) is 11.9. The molecule has 2 amide bonds. The standard InChI is InChI=1S/C13H17F2N3O4/c1-8(12(19)20)6-18(2)13(21)17-9-4-3-5-16-11(9)22-7-10(14)15/h3-5,8,10H,6-7H2,1-2H3,(H,17,21)(H,19,20). The first-order chi connectivity index (χ1) is 10.3. The predicted octanol–water partition coefficient (Wildman–Crippen LogP) is 1.91. The summed E-state index contributed by atoms with van der Waals surface area (Å²) >= 11 is 0. The number of hydrogen-bond acceptors (Lipinski definition) is 4. The third-order valence-electron chi connectivity index (χ3n) is 2.67. The number of aromatic nitrogens is 1. The van der Waals surface area contributed by atoms with E-state index in [0.717, 1.165) is 0 Å². The fourth-order valence-corrected chi connectivity index (χ4v) is 1.53. The molecule has 7 nitrogen and oxygen atoms in total. The third-order valence-corrected chi connectivity index (χ3v) is 2.67. The van der Waals surface area contributed by atoms with E-state index in [1.165, 1.54) is 37.2 Å². The van der Waals surface area contributed by atoms with E-state index in [1.807, 2.05) is 0 Å². The second-order valence-corrected chi connectivity index (χ2v) is 4.61. The number of pyridine rings is 1. The molecule has 0 aliphatic rings. The van der Waals surface area contributed by atoms with Gasteiger partial charge in [-0.05, 0) is 12.1 Å². The first-order valence-corrected chi connectivity index (χ1v) is 6.42. The zero-order chi connectivity index (χ0) is 16.7. The maximum absolute atomic E-state index is 12.2. The van der Waals surface area contributed by atoms with E-state index < -0.39 is 31.0 Å². The molecule has 1 rings (SSSR count). The molecule has 9 heteroatoms. The highest BCUT2D eigenvalue weighted by atomic mass is 19.3. The largest absolute Gasteiger partial charge is 0.481 e. The summed E-state index contributed by atoms with van der Waals surface area (Å²) in [6.07, 6.45) is -1.32. The van der Waals surface area contributed by atoms with Gasteiger partial charge in [0.15, 0.2) is 6.61 Å². The first-order valence-electron chi connectivity index (χ1n) is 6.42. The summed E-state index contributed by atoms with van der Waals surface area (Å²) in [5, 5.41) is 11.2. The molecule has 122 valence electrons. The highest BCUT2D eigenvalue weighted by molar-refractivity contribution is 5.90. The van der Waals surface area contributed by atoms with Crippen molar-refractivity contribution in [1.82, 2.24) is 9.88 Å². The second kappa shape index (κ2) is 8.11. The number of halogens is 2. The van der Waals surface area contributed by atoms with Gasteiger partial charge in [-0.25, -0.2) is 18.6 Å². The Labute approximate surface area is 125 Å². The van der Waals surface area contributed by atoms with Crippen LogP contribution >= 0.6 is 0 Å². The van der Waals surface area contributed by atoms with Crippen molar-refractivity contribution in [3.8, 4) is 5.88 Å². The average molecular weight is 317 g/mol. The monoisotopic (exact) mass is 317 g/mol. The van der Waals surface area contributed by atoms with E-state index in [0.29, 0.717) is 0 Å². The van der Waals surface area contributed by atoms with Crippen LogP contribution in [-0.2, 0) is 4.79 Å². The number of ether oxygens (including phenoxy) is 1. The van der Waals surface area contributed by atoms with Crippen LogP contribution in [0.15, 0.2) is 18.3 Å². The minimum Gasteiger partial charge on any atom is -0.481 e. The van der Waals surface area contributed by atoms with Crippen LogP contribution in [0.3, 0.4) is 0 Å². The molecule has 0 spiro atoms. The average Bonchev–Trinajstić information content (AvgIpc) is 2.45. The van der Waals surface area contributed by atoms with Gasteiger partial charge >= 0.3 is 12.0 Å². The number of rotatable bonds is 7. The minimum absolute atomic E-state index is 0.00530. The number of urea groups is 1. The number of nitrogens with one attached hydrogen (secondary N) is 1. The maximum atomic E-state index is 12.2. The summed E-state index contributed by atoms with van der Waals surface area (Å²) in [7, 11) is 1.42. The Morgan fingerprint density at radius 1 is 1.50 bits per heavy atom. The van der Waals surface area contributed by atoms with Gasteiger partial charge in [0, 0.05) is 19.8 Å². The molecule has 1 unspecified atom stereocenters. The summed E-state index contributed by atoms with van der Waals surface area (Å²) in [5.41, 5.74) is 0.128. The topological polar surface area (TPSA) is 91.8 Å². The van der Waals surface area contributed by atoms with E-state index in [9.17, 15) is 18.4 Å². The van der Waals surface area contributed by atoms with E-state index in [1.54, 1.807) is 0 Å². The number of alkyl halides is 2. The number of carboxylic acid groups (broad SMARTS) is 1. The lowest BCUT2D eigenvalue weighted by molar-refractivity contribution is -0.141. The Bertz CT molecular complexity index is 528. The van der Waals surface area contributed by atoms with Crippen molar-refractivity contribution in [3.05, 3.63) is 18.3 Å². The summed E-state index contributed by atoms with van der Waals surface area (Å²) < 4.78 is 29.1. The molecule has 0 radical (unpaired) electrons. The van der Waals surface area contributed by atoms with Crippen LogP contribution in [0.2, 0.25) is 0 Å². The summed E-state index contributed by atoms with van der Waals surface area (Å²) in [5.74, 6) is -1.89. The molecular formula is C13H17F2N3O4. The van der Waals surface area contributed by atoms with Crippen LogP contribution in [-0.4, -0.2) is 53.6 Å². The Balaban J connectivity index is 2.69. The van der Waals surface area contributed by atoms with E-state index in [4.69, 9.17) is 9.84 Å². The number of carbonyl (C=O) groups is 2. The lowest BCUT2D eigenvalue weighted by Gasteiger charge is -2.20. The summed E-state index contributed by atoms with van der Waals surface area (Å²) in [6, 6.07) is 2.35. The van der Waals surface area contributed by atoms with E-state index in [2.05, 4.69) is 10.3 Å². The van der Waals surface area contributed by atoms with Gasteiger partial charge in [-0.3, -0.25) is 4.79 Å². The highest BCUT2D eigenvalue weighted by Crippen LogP contribution is 2.21. The van der Waals surface area contributed by atoms with Crippen molar-refractivity contribution in [2.75, 3.05) is 25.5 Å². The predicted molar refractivity (Wildman–Crippen MR) is 74.2 cm³/mol. The minimum atomic E-state index is -2.66. The number of anilines is 1. The number of carbonyl (C=O) groups excluding carboxylic acids is 1. The van der Waals surface area contributed by atoms with Crippen LogP contribution < -0.4 is 10.1 Å². The van der Waals surface area contributed by atoms with Gasteiger partial charge < -0.3 is 20.1 Å². The van der Waals surface area contributed by atoms with Crippen molar-refractivity contribution in [3.63, 3.8) is 0 Å². The maximum Gasteiger partial charge on any atom is 0.321 e. The van der Waals surface area contributed by atoms with Crippen molar-refractivity contribution >= 4 is 17.7 Å². The van der Waals surface area contributed by atoms with Crippen LogP contribution in [0.25, 0.3) is 0 Å². The van der Waals surface area contributed by atoms with Crippen molar-refractivity contribution in [2.45, 2.75) is 13.3 Å². The number of amides is 2. The van der Waals surface area contributed by atoms with Gasteiger partial charge in [-0.1, -0.05) is 6.92 Å². The SMILES string of the molecule is CC(CN(C)C(=O)Nc1cccnc1OCC(F)F)C(=O)O. The molecular weight excluding hydrogens is 300 g/mol. The van der Waals surface area contributed by atoms with E-state index in [-0.39, 0.29) is 18.1 Å². The molecule has 0 aliphatic heterocycles. The number of aliphatic carboxylic acids is 1. The first kappa shape index (κ1) is 17.6. The molecule has 0 aromatic carbocycles. The van der Waals surface area contributed by atoms with Crippen LogP contribution in [0.1, 0.15) is 6.92 Å². The highest BCUT2D eigenvalue weighted by Gasteiger charge is 2.19. The Hall–Kier alpha value is -2.45. The number of nitrogens with zero attached hydrogens (tertiary/aromatic N) is 2. The molecule has 0 aliphatic carbocycles. The van der Waals surface area contributed by atoms with Gasteiger partial charge in [-0.15, -0.1) is 0 Å². The molecule has 1 heterocycles. The molecule has 1 atom stereocenters. The van der Waals surface area contributed by atoms with Crippen LogP contribution in [0.4, 0.5) is 19.3 Å². The third kappa shape index (κ3) is 5.51. The molecule has 1 aromatic rings. The lowest BCUT2D eigenvalue weighted by Crippen LogP contribution is -2.36. The lowest BCUT2D eigenvalue weighted by atomic mass is 10.2. The Morgan fingerprint density at radius 2 is 2.18 bits per heavy atom. The van der Waals surface area contributed by atoms with Crippen molar-refractivity contribution in [2.24, 2.45) is 5.92 Å². The smallest absolute Gasteiger partial charge is 0.321 e. The second-order valence-electron chi connectivity index (χ2n) is 4.61. The zero-order valence-corrected chi connectivity index (χ0v) is 12.1. The Kier molecular flexibility index (Phi) is 6.48.